The molecule has 4 nitrogen and oxygen atoms in total. The van der Waals surface area contributed by atoms with Crippen molar-refractivity contribution in [3.63, 3.8) is 0 Å². The van der Waals surface area contributed by atoms with E-state index in [4.69, 9.17) is 18.9 Å². The number of hydrogen-bond donors (Lipinski definition) is 0. The highest BCUT2D eigenvalue weighted by atomic mass is 16.7. The fourth-order valence-electron chi connectivity index (χ4n) is 6.45. The Balaban J connectivity index is 1.27. The van der Waals surface area contributed by atoms with Crippen molar-refractivity contribution in [1.82, 2.24) is 0 Å². The van der Waals surface area contributed by atoms with E-state index in [2.05, 4.69) is 0 Å². The van der Waals surface area contributed by atoms with Crippen LogP contribution in [0.25, 0.3) is 0 Å². The van der Waals surface area contributed by atoms with Crippen molar-refractivity contribution in [1.29, 1.82) is 0 Å². The van der Waals surface area contributed by atoms with Crippen LogP contribution in [0.1, 0.15) is 148 Å². The minimum atomic E-state index is -0.0405. The molecule has 0 aromatic rings. The molecule has 0 spiro atoms. The van der Waals surface area contributed by atoms with E-state index >= 15 is 0 Å². The van der Waals surface area contributed by atoms with Gasteiger partial charge in [0.25, 0.3) is 0 Å². The molecule has 4 rings (SSSR count). The van der Waals surface area contributed by atoms with Crippen molar-refractivity contribution >= 4 is 0 Å². The zero-order valence-corrected chi connectivity index (χ0v) is 21.4. The summed E-state index contributed by atoms with van der Waals surface area (Å²) in [5.74, 6) is 0. The van der Waals surface area contributed by atoms with Gasteiger partial charge in [0.1, 0.15) is 0 Å². The Morgan fingerprint density at radius 2 is 0.606 bits per heavy atom. The lowest BCUT2D eigenvalue weighted by Crippen LogP contribution is -2.33. The van der Waals surface area contributed by atoms with Crippen molar-refractivity contribution in [2.45, 2.75) is 185 Å². The molecule has 4 saturated carbocycles. The quantitative estimate of drug-likeness (QED) is 0.273. The van der Waals surface area contributed by atoms with Crippen molar-refractivity contribution in [3.05, 3.63) is 0 Å². The van der Waals surface area contributed by atoms with Crippen LogP contribution in [0, 0.1) is 0 Å². The first-order valence-electron chi connectivity index (χ1n) is 15.0. The maximum atomic E-state index is 6.57. The Bertz CT molecular complexity index is 404. The van der Waals surface area contributed by atoms with Gasteiger partial charge < -0.3 is 18.9 Å². The van der Waals surface area contributed by atoms with Gasteiger partial charge in [-0.25, -0.2) is 0 Å². The monoisotopic (exact) mass is 464 g/mol. The first kappa shape index (κ1) is 25.9. The summed E-state index contributed by atoms with van der Waals surface area (Å²) in [7, 11) is 0. The average molecular weight is 465 g/mol. The number of ether oxygens (including phenoxy) is 4. The van der Waals surface area contributed by atoms with Gasteiger partial charge in [-0.3, -0.25) is 0 Å². The molecular formula is C29H52O4. The number of rotatable bonds is 12. The summed E-state index contributed by atoms with van der Waals surface area (Å²) in [4.78, 5) is 0. The van der Waals surface area contributed by atoms with Gasteiger partial charge in [0, 0.05) is 0 Å². The van der Waals surface area contributed by atoms with Crippen LogP contribution in [-0.2, 0) is 18.9 Å². The fourth-order valence-corrected chi connectivity index (χ4v) is 6.45. The maximum absolute atomic E-state index is 6.57. The summed E-state index contributed by atoms with van der Waals surface area (Å²) >= 11 is 0. The molecule has 33 heavy (non-hydrogen) atoms. The van der Waals surface area contributed by atoms with Gasteiger partial charge in [-0.1, -0.05) is 77.0 Å². The minimum Gasteiger partial charge on any atom is -0.349 e. The smallest absolute Gasteiger partial charge is 0.158 e. The predicted molar refractivity (Wildman–Crippen MR) is 133 cm³/mol. The van der Waals surface area contributed by atoms with Gasteiger partial charge in [-0.2, -0.15) is 0 Å². The molecule has 0 N–H and O–H groups in total. The summed E-state index contributed by atoms with van der Waals surface area (Å²) in [6.07, 6.45) is 30.2. The van der Waals surface area contributed by atoms with Crippen molar-refractivity contribution in [2.24, 2.45) is 0 Å². The Morgan fingerprint density at radius 1 is 0.364 bits per heavy atom. The zero-order chi connectivity index (χ0) is 22.6. The lowest BCUT2D eigenvalue weighted by atomic mass is 9.97. The lowest BCUT2D eigenvalue weighted by molar-refractivity contribution is -0.218. The van der Waals surface area contributed by atoms with Crippen LogP contribution in [0.4, 0.5) is 0 Å². The van der Waals surface area contributed by atoms with Crippen LogP contribution in [0.3, 0.4) is 0 Å². The Labute approximate surface area is 203 Å². The summed E-state index contributed by atoms with van der Waals surface area (Å²) in [6, 6.07) is 0. The van der Waals surface area contributed by atoms with Crippen LogP contribution in [0.5, 0.6) is 0 Å². The molecule has 4 heteroatoms. The zero-order valence-electron chi connectivity index (χ0n) is 21.4. The van der Waals surface area contributed by atoms with Crippen LogP contribution in [0.2, 0.25) is 0 Å². The van der Waals surface area contributed by atoms with Gasteiger partial charge in [0.05, 0.1) is 24.4 Å². The summed E-state index contributed by atoms with van der Waals surface area (Å²) < 4.78 is 26.3. The molecule has 0 atom stereocenters. The second-order valence-corrected chi connectivity index (χ2v) is 11.4. The molecule has 4 aliphatic carbocycles. The van der Waals surface area contributed by atoms with E-state index in [1.54, 1.807) is 0 Å². The third-order valence-corrected chi connectivity index (χ3v) is 8.47. The highest BCUT2D eigenvalue weighted by Gasteiger charge is 2.27. The average Bonchev–Trinajstić information content (AvgIpc) is 2.86. The second kappa shape index (κ2) is 15.1. The Hall–Kier alpha value is -0.160. The summed E-state index contributed by atoms with van der Waals surface area (Å²) in [5.41, 5.74) is 0. The number of hydrogen-bond acceptors (Lipinski definition) is 4. The molecule has 0 unspecified atom stereocenters. The Kier molecular flexibility index (Phi) is 11.8. The minimum absolute atomic E-state index is 0.0405. The topological polar surface area (TPSA) is 36.9 Å². The first-order valence-corrected chi connectivity index (χ1v) is 15.0. The standard InChI is InChI=1S/C29H52O4/c1-5-14-24(15-6-1)30-28(31-25-16-7-2-8-17-25)22-13-23-29(32-26-18-9-3-10-19-26)33-27-20-11-4-12-21-27/h24-29H,1-23H2. The predicted octanol–water partition coefficient (Wildman–Crippen LogP) is 8.21. The van der Waals surface area contributed by atoms with E-state index in [1.165, 1.54) is 128 Å². The van der Waals surface area contributed by atoms with Gasteiger partial charge in [0.15, 0.2) is 12.6 Å². The molecule has 0 aromatic carbocycles. The molecule has 0 radical (unpaired) electrons. The molecule has 0 amide bonds. The molecular weight excluding hydrogens is 412 g/mol. The van der Waals surface area contributed by atoms with Crippen LogP contribution >= 0.6 is 0 Å². The van der Waals surface area contributed by atoms with E-state index in [0.29, 0.717) is 24.4 Å². The highest BCUT2D eigenvalue weighted by Crippen LogP contribution is 2.30. The van der Waals surface area contributed by atoms with E-state index in [0.717, 1.165) is 19.3 Å². The highest BCUT2D eigenvalue weighted by molar-refractivity contribution is 4.72. The first-order chi connectivity index (χ1) is 16.3. The van der Waals surface area contributed by atoms with Crippen molar-refractivity contribution in [3.8, 4) is 0 Å². The molecule has 4 fully saturated rings. The molecule has 0 heterocycles. The molecule has 4 aliphatic rings. The Morgan fingerprint density at radius 3 is 0.848 bits per heavy atom. The van der Waals surface area contributed by atoms with Crippen LogP contribution in [-0.4, -0.2) is 37.0 Å². The van der Waals surface area contributed by atoms with Gasteiger partial charge in [-0.05, 0) is 70.6 Å². The maximum Gasteiger partial charge on any atom is 0.158 e. The molecule has 0 saturated heterocycles. The lowest BCUT2D eigenvalue weighted by Gasteiger charge is -2.33. The van der Waals surface area contributed by atoms with Gasteiger partial charge in [0.2, 0.25) is 0 Å². The third kappa shape index (κ3) is 9.78. The SMILES string of the molecule is C1CCC(OC(CCCC(OC2CCCCC2)OC2CCCCC2)OC2CCCCC2)CC1. The van der Waals surface area contributed by atoms with E-state index in [9.17, 15) is 0 Å². The second-order valence-electron chi connectivity index (χ2n) is 11.4. The molecule has 192 valence electrons. The fraction of sp³-hybridized carbons (Fsp3) is 1.00. The van der Waals surface area contributed by atoms with Gasteiger partial charge >= 0.3 is 0 Å². The third-order valence-electron chi connectivity index (χ3n) is 8.47. The van der Waals surface area contributed by atoms with Gasteiger partial charge in [-0.15, -0.1) is 0 Å². The normalized spacial score (nSPS) is 25.3. The largest absolute Gasteiger partial charge is 0.349 e. The van der Waals surface area contributed by atoms with Crippen molar-refractivity contribution in [2.75, 3.05) is 0 Å². The van der Waals surface area contributed by atoms with Crippen LogP contribution < -0.4 is 0 Å². The molecule has 0 aliphatic heterocycles. The van der Waals surface area contributed by atoms with E-state index in [1.807, 2.05) is 0 Å². The van der Waals surface area contributed by atoms with E-state index in [-0.39, 0.29) is 12.6 Å². The molecule has 0 bridgehead atoms. The van der Waals surface area contributed by atoms with Crippen molar-refractivity contribution < 1.29 is 18.9 Å². The summed E-state index contributed by atoms with van der Waals surface area (Å²) in [5, 5.41) is 0. The summed E-state index contributed by atoms with van der Waals surface area (Å²) in [6.45, 7) is 0. The molecule has 0 aromatic heterocycles. The van der Waals surface area contributed by atoms with Crippen LogP contribution in [0.15, 0.2) is 0 Å². The van der Waals surface area contributed by atoms with E-state index < -0.39 is 0 Å².